The van der Waals surface area contributed by atoms with E-state index in [4.69, 9.17) is 4.42 Å². The highest BCUT2D eigenvalue weighted by Crippen LogP contribution is 2.26. The molecule has 3 heterocycles. The normalized spacial score (nSPS) is 15.0. The summed E-state index contributed by atoms with van der Waals surface area (Å²) in [6.45, 7) is 2.16. The van der Waals surface area contributed by atoms with Crippen LogP contribution in [0.1, 0.15) is 19.3 Å². The van der Waals surface area contributed by atoms with E-state index in [9.17, 15) is 4.79 Å². The van der Waals surface area contributed by atoms with Gasteiger partial charge in [0.15, 0.2) is 12.4 Å². The van der Waals surface area contributed by atoms with Crippen molar-refractivity contribution in [2.75, 3.05) is 18.0 Å². The minimum atomic E-state index is -0.285. The van der Waals surface area contributed by atoms with Crippen molar-refractivity contribution in [3.63, 3.8) is 0 Å². The van der Waals surface area contributed by atoms with Gasteiger partial charge in [-0.15, -0.1) is 0 Å². The maximum atomic E-state index is 12.4. The standard InChI is InChI=1S/C20H21N2O2/c1-21-11-7-15(8-12-21)18-13-16-5-6-17(14-19(16)24-20(18)23)22-9-3-2-4-10-22/h5-8,11-14H,2-4,9-10H2,1H3/q+1. The molecule has 0 bridgehead atoms. The highest BCUT2D eigenvalue weighted by atomic mass is 16.4. The monoisotopic (exact) mass is 321 g/mol. The van der Waals surface area contributed by atoms with E-state index in [0.29, 0.717) is 11.1 Å². The SMILES string of the molecule is C[n+]1ccc(-c2cc3ccc(N4CCCCC4)cc3oc2=O)cc1. The van der Waals surface area contributed by atoms with Crippen LogP contribution < -0.4 is 15.1 Å². The summed E-state index contributed by atoms with van der Waals surface area (Å²) in [5.74, 6) is 0. The van der Waals surface area contributed by atoms with E-state index in [1.54, 1.807) is 0 Å². The highest BCUT2D eigenvalue weighted by Gasteiger charge is 2.13. The molecule has 122 valence electrons. The molecule has 0 radical (unpaired) electrons. The maximum Gasteiger partial charge on any atom is 0.344 e. The fourth-order valence-electron chi connectivity index (χ4n) is 3.33. The van der Waals surface area contributed by atoms with E-state index in [0.717, 1.165) is 29.7 Å². The second-order valence-corrected chi connectivity index (χ2v) is 6.47. The molecule has 1 aromatic carbocycles. The summed E-state index contributed by atoms with van der Waals surface area (Å²) < 4.78 is 7.56. The molecular formula is C20H21N2O2+. The van der Waals surface area contributed by atoms with Crippen molar-refractivity contribution in [3.8, 4) is 11.1 Å². The zero-order chi connectivity index (χ0) is 16.5. The lowest BCUT2D eigenvalue weighted by atomic mass is 10.1. The quantitative estimate of drug-likeness (QED) is 0.537. The van der Waals surface area contributed by atoms with Gasteiger partial charge in [0.1, 0.15) is 12.6 Å². The third-order valence-corrected chi connectivity index (χ3v) is 4.73. The summed E-state index contributed by atoms with van der Waals surface area (Å²) in [6.07, 6.45) is 7.62. The molecule has 0 aliphatic carbocycles. The van der Waals surface area contributed by atoms with E-state index in [-0.39, 0.29) is 5.63 Å². The van der Waals surface area contributed by atoms with Crippen molar-refractivity contribution in [3.05, 3.63) is 59.2 Å². The lowest BCUT2D eigenvalue weighted by Gasteiger charge is -2.28. The van der Waals surface area contributed by atoms with Crippen LogP contribution >= 0.6 is 0 Å². The van der Waals surface area contributed by atoms with Crippen LogP contribution in [0.25, 0.3) is 22.1 Å². The number of anilines is 1. The van der Waals surface area contributed by atoms with Gasteiger partial charge in [0.2, 0.25) is 0 Å². The third-order valence-electron chi connectivity index (χ3n) is 4.73. The summed E-state index contributed by atoms with van der Waals surface area (Å²) in [4.78, 5) is 14.8. The van der Waals surface area contributed by atoms with Gasteiger partial charge in [-0.3, -0.25) is 0 Å². The van der Waals surface area contributed by atoms with Gasteiger partial charge < -0.3 is 9.32 Å². The number of rotatable bonds is 2. The Balaban J connectivity index is 1.76. The van der Waals surface area contributed by atoms with Gasteiger partial charge in [0, 0.05) is 47.9 Å². The molecule has 4 nitrogen and oxygen atoms in total. The molecule has 0 atom stereocenters. The number of piperidine rings is 1. The first-order chi connectivity index (χ1) is 11.7. The van der Waals surface area contributed by atoms with E-state index in [2.05, 4.69) is 17.0 Å². The van der Waals surface area contributed by atoms with Gasteiger partial charge in [0.05, 0.1) is 5.56 Å². The lowest BCUT2D eigenvalue weighted by molar-refractivity contribution is -0.671. The molecular weight excluding hydrogens is 300 g/mol. The van der Waals surface area contributed by atoms with Crippen LogP contribution in [0.3, 0.4) is 0 Å². The van der Waals surface area contributed by atoms with Gasteiger partial charge in [-0.25, -0.2) is 9.36 Å². The topological polar surface area (TPSA) is 37.3 Å². The molecule has 1 aliphatic rings. The Morgan fingerprint density at radius 2 is 1.75 bits per heavy atom. The molecule has 2 aromatic heterocycles. The van der Waals surface area contributed by atoms with Crippen LogP contribution in [0.2, 0.25) is 0 Å². The van der Waals surface area contributed by atoms with Crippen LogP contribution in [-0.2, 0) is 7.05 Å². The predicted molar refractivity (Wildman–Crippen MR) is 95.2 cm³/mol. The van der Waals surface area contributed by atoms with Crippen LogP contribution in [-0.4, -0.2) is 13.1 Å². The smallest absolute Gasteiger partial charge is 0.344 e. The van der Waals surface area contributed by atoms with E-state index < -0.39 is 0 Å². The first-order valence-corrected chi connectivity index (χ1v) is 8.49. The Morgan fingerprint density at radius 3 is 2.50 bits per heavy atom. The summed E-state index contributed by atoms with van der Waals surface area (Å²) in [7, 11) is 1.95. The number of aromatic nitrogens is 1. The molecule has 24 heavy (non-hydrogen) atoms. The number of hydrogen-bond acceptors (Lipinski definition) is 3. The highest BCUT2D eigenvalue weighted by molar-refractivity contribution is 5.84. The number of nitrogens with zero attached hydrogens (tertiary/aromatic N) is 2. The third kappa shape index (κ3) is 2.80. The summed E-state index contributed by atoms with van der Waals surface area (Å²) in [5.41, 5.74) is 3.00. The van der Waals surface area contributed by atoms with Crippen molar-refractivity contribution >= 4 is 16.7 Å². The Morgan fingerprint density at radius 1 is 1.00 bits per heavy atom. The van der Waals surface area contributed by atoms with Crippen molar-refractivity contribution in [2.45, 2.75) is 19.3 Å². The average Bonchev–Trinajstić information content (AvgIpc) is 2.62. The minimum Gasteiger partial charge on any atom is -0.422 e. The molecule has 4 rings (SSSR count). The predicted octanol–water partition coefficient (Wildman–Crippen LogP) is 3.27. The zero-order valence-electron chi connectivity index (χ0n) is 13.9. The van der Waals surface area contributed by atoms with Gasteiger partial charge in [-0.05, 0) is 37.5 Å². The number of pyridine rings is 1. The molecule has 3 aromatic rings. The Hall–Kier alpha value is -2.62. The average molecular weight is 321 g/mol. The van der Waals surface area contributed by atoms with Crippen LogP contribution in [0.4, 0.5) is 5.69 Å². The van der Waals surface area contributed by atoms with Gasteiger partial charge in [-0.1, -0.05) is 0 Å². The fraction of sp³-hybridized carbons (Fsp3) is 0.300. The number of benzene rings is 1. The summed E-state index contributed by atoms with van der Waals surface area (Å²) in [5, 5.41) is 0.957. The van der Waals surface area contributed by atoms with Gasteiger partial charge >= 0.3 is 5.63 Å². The molecule has 4 heteroatoms. The molecule has 1 aliphatic heterocycles. The van der Waals surface area contributed by atoms with E-state index >= 15 is 0 Å². The Labute approximate surface area is 141 Å². The molecule has 0 N–H and O–H groups in total. The van der Waals surface area contributed by atoms with Crippen molar-refractivity contribution in [1.29, 1.82) is 0 Å². The molecule has 0 amide bonds. The number of aryl methyl sites for hydroxylation is 1. The molecule has 0 spiro atoms. The minimum absolute atomic E-state index is 0.285. The van der Waals surface area contributed by atoms with Crippen LogP contribution in [0.5, 0.6) is 0 Å². The fourth-order valence-corrected chi connectivity index (χ4v) is 3.33. The van der Waals surface area contributed by atoms with Crippen molar-refractivity contribution < 1.29 is 8.98 Å². The Kier molecular flexibility index (Phi) is 3.81. The number of hydrogen-bond donors (Lipinski definition) is 0. The first-order valence-electron chi connectivity index (χ1n) is 8.49. The second-order valence-electron chi connectivity index (χ2n) is 6.47. The van der Waals surface area contributed by atoms with E-state index in [1.807, 2.05) is 48.3 Å². The summed E-state index contributed by atoms with van der Waals surface area (Å²) >= 11 is 0. The maximum absolute atomic E-state index is 12.4. The zero-order valence-corrected chi connectivity index (χ0v) is 13.9. The van der Waals surface area contributed by atoms with Crippen LogP contribution in [0, 0.1) is 0 Å². The molecule has 0 unspecified atom stereocenters. The molecule has 0 saturated carbocycles. The van der Waals surface area contributed by atoms with E-state index in [1.165, 1.54) is 19.3 Å². The molecule has 1 saturated heterocycles. The Bertz CT molecular complexity index is 923. The van der Waals surface area contributed by atoms with Gasteiger partial charge in [0.25, 0.3) is 0 Å². The summed E-state index contributed by atoms with van der Waals surface area (Å²) in [6, 6.07) is 12.0. The van der Waals surface area contributed by atoms with Crippen molar-refractivity contribution in [1.82, 2.24) is 0 Å². The lowest BCUT2D eigenvalue weighted by Crippen LogP contribution is -2.29. The van der Waals surface area contributed by atoms with Gasteiger partial charge in [-0.2, -0.15) is 0 Å². The largest absolute Gasteiger partial charge is 0.422 e. The van der Waals surface area contributed by atoms with Crippen LogP contribution in [0.15, 0.2) is 58.0 Å². The molecule has 1 fully saturated rings. The second kappa shape index (κ2) is 6.11. The van der Waals surface area contributed by atoms with Crippen molar-refractivity contribution in [2.24, 2.45) is 7.05 Å². The number of fused-ring (bicyclic) bond motifs is 1. The first kappa shape index (κ1) is 14.9.